The number of halogens is 1. The van der Waals surface area contributed by atoms with Crippen molar-refractivity contribution in [2.75, 3.05) is 19.4 Å². The molecule has 4 aromatic rings. The van der Waals surface area contributed by atoms with E-state index in [1.165, 1.54) is 11.1 Å². The average Bonchev–Trinajstić information content (AvgIpc) is 2.86. The molecule has 0 radical (unpaired) electrons. The van der Waals surface area contributed by atoms with E-state index in [4.69, 9.17) is 16.6 Å². The zero-order chi connectivity index (χ0) is 23.5. The molecule has 0 spiro atoms. The summed E-state index contributed by atoms with van der Waals surface area (Å²) < 4.78 is 0. The van der Waals surface area contributed by atoms with Gasteiger partial charge in [-0.25, -0.2) is 15.0 Å². The van der Waals surface area contributed by atoms with Gasteiger partial charge in [0.15, 0.2) is 0 Å². The Morgan fingerprint density at radius 3 is 2.68 bits per heavy atom. The number of rotatable bonds is 6. The van der Waals surface area contributed by atoms with Crippen LogP contribution in [0.3, 0.4) is 0 Å². The number of anilines is 1. The van der Waals surface area contributed by atoms with Crippen LogP contribution < -0.4 is 5.32 Å². The number of aromatic nitrogens is 2. The Hall–Kier alpha value is -3.70. The zero-order valence-electron chi connectivity index (χ0n) is 19.2. The lowest BCUT2D eigenvalue weighted by Crippen LogP contribution is -2.15. The second-order valence-corrected chi connectivity index (χ2v) is 9.13. The van der Waals surface area contributed by atoms with Gasteiger partial charge in [0, 0.05) is 43.3 Å². The molecule has 1 aliphatic carbocycles. The van der Waals surface area contributed by atoms with Crippen molar-refractivity contribution in [3.63, 3.8) is 0 Å². The van der Waals surface area contributed by atoms with E-state index >= 15 is 0 Å². The third kappa shape index (κ3) is 4.80. The lowest BCUT2D eigenvalue weighted by atomic mass is 9.78. The Labute approximate surface area is 205 Å². The highest BCUT2D eigenvalue weighted by Gasteiger charge is 2.27. The third-order valence-electron chi connectivity index (χ3n) is 5.95. The Balaban J connectivity index is 1.41. The maximum absolute atomic E-state index is 6.11. The van der Waals surface area contributed by atoms with Crippen molar-refractivity contribution < 1.29 is 0 Å². The van der Waals surface area contributed by atoms with E-state index in [0.29, 0.717) is 12.5 Å². The fourth-order valence-electron chi connectivity index (χ4n) is 4.32. The van der Waals surface area contributed by atoms with Crippen LogP contribution in [0.4, 0.5) is 11.6 Å². The van der Waals surface area contributed by atoms with E-state index in [-0.39, 0.29) is 5.92 Å². The number of fused-ring (bicyclic) bond motifs is 3. The normalized spacial score (nSPS) is 14.5. The van der Waals surface area contributed by atoms with Gasteiger partial charge in [-0.3, -0.25) is 0 Å². The molecule has 0 saturated carbocycles. The molecule has 5 rings (SSSR count). The zero-order valence-corrected chi connectivity index (χ0v) is 20.0. The number of aliphatic imine (C=N–C) groups is 1. The molecule has 170 valence electrons. The molecule has 1 unspecified atom stereocenters. The van der Waals surface area contributed by atoms with Crippen molar-refractivity contribution in [3.8, 4) is 11.3 Å². The van der Waals surface area contributed by atoms with Gasteiger partial charge >= 0.3 is 0 Å². The molecule has 5 nitrogen and oxygen atoms in total. The number of nitrogens with zero attached hydrogens (tertiary/aromatic N) is 4. The molecule has 1 aromatic heterocycles. The first-order chi connectivity index (χ1) is 16.6. The molecule has 0 aliphatic heterocycles. The summed E-state index contributed by atoms with van der Waals surface area (Å²) in [6.07, 6.45) is 4.64. The lowest BCUT2D eigenvalue weighted by molar-refractivity contribution is 0.643. The quantitative estimate of drug-likeness (QED) is 0.266. The summed E-state index contributed by atoms with van der Waals surface area (Å²) in [5.74, 6) is 0.875. The molecule has 3 aromatic carbocycles. The van der Waals surface area contributed by atoms with Crippen LogP contribution in [-0.2, 0) is 13.0 Å². The summed E-state index contributed by atoms with van der Waals surface area (Å²) in [5, 5.41) is 4.07. The Morgan fingerprint density at radius 1 is 1.06 bits per heavy atom. The average molecular weight is 468 g/mol. The van der Waals surface area contributed by atoms with E-state index in [9.17, 15) is 0 Å². The van der Waals surface area contributed by atoms with Crippen LogP contribution in [0.25, 0.3) is 11.3 Å². The van der Waals surface area contributed by atoms with Crippen LogP contribution >= 0.6 is 11.6 Å². The van der Waals surface area contributed by atoms with Gasteiger partial charge in [-0.2, -0.15) is 0 Å². The van der Waals surface area contributed by atoms with Gasteiger partial charge in [-0.15, -0.1) is 0 Å². The van der Waals surface area contributed by atoms with E-state index in [0.717, 1.165) is 39.5 Å². The van der Waals surface area contributed by atoms with Crippen LogP contribution in [0.1, 0.15) is 28.2 Å². The first-order valence-corrected chi connectivity index (χ1v) is 11.7. The van der Waals surface area contributed by atoms with Crippen LogP contribution in [0.5, 0.6) is 0 Å². The van der Waals surface area contributed by atoms with Crippen LogP contribution in [0.15, 0.2) is 84.0 Å². The smallest absolute Gasteiger partial charge is 0.223 e. The monoisotopic (exact) mass is 467 g/mol. The molecule has 0 amide bonds. The minimum atomic E-state index is 0.254. The molecule has 1 atom stereocenters. The molecule has 34 heavy (non-hydrogen) atoms. The topological polar surface area (TPSA) is 53.4 Å². The Kier molecular flexibility index (Phi) is 6.28. The molecule has 6 heteroatoms. The number of hydrogen-bond donors (Lipinski definition) is 1. The van der Waals surface area contributed by atoms with Gasteiger partial charge < -0.3 is 10.2 Å². The Morgan fingerprint density at radius 2 is 1.88 bits per heavy atom. The highest BCUT2D eigenvalue weighted by molar-refractivity contribution is 6.30. The van der Waals surface area contributed by atoms with E-state index in [1.54, 1.807) is 0 Å². The molecule has 0 fully saturated rings. The van der Waals surface area contributed by atoms with Gasteiger partial charge in [-0.1, -0.05) is 60.1 Å². The second kappa shape index (κ2) is 9.65. The van der Waals surface area contributed by atoms with E-state index in [1.807, 2.05) is 55.8 Å². The van der Waals surface area contributed by atoms with Crippen molar-refractivity contribution in [1.29, 1.82) is 0 Å². The highest BCUT2D eigenvalue weighted by atomic mass is 35.5. The molecular formula is C28H26ClN5. The predicted molar refractivity (Wildman–Crippen MR) is 140 cm³/mol. The van der Waals surface area contributed by atoms with Crippen molar-refractivity contribution in [2.24, 2.45) is 4.99 Å². The summed E-state index contributed by atoms with van der Waals surface area (Å²) in [5.41, 5.74) is 7.92. The van der Waals surface area contributed by atoms with E-state index < -0.39 is 0 Å². The SMILES string of the molecule is CN(C)/C=N\c1ccc(C2Cc3cnc(NCc4cccc(Cl)c4)nc3-c3ccccc32)cc1. The number of benzene rings is 3. The largest absolute Gasteiger partial charge is 0.369 e. The summed E-state index contributed by atoms with van der Waals surface area (Å²) in [7, 11) is 3.93. The minimum absolute atomic E-state index is 0.254. The van der Waals surface area contributed by atoms with Gasteiger partial charge in [-0.05, 0) is 52.9 Å². The molecule has 1 N–H and O–H groups in total. The molecule has 1 heterocycles. The molecule has 0 saturated heterocycles. The van der Waals surface area contributed by atoms with Gasteiger partial charge in [0.25, 0.3) is 0 Å². The van der Waals surface area contributed by atoms with Gasteiger partial charge in [0.05, 0.1) is 17.7 Å². The number of nitrogens with one attached hydrogen (secondary N) is 1. The van der Waals surface area contributed by atoms with Gasteiger partial charge in [0.1, 0.15) is 0 Å². The van der Waals surface area contributed by atoms with Crippen LogP contribution in [0.2, 0.25) is 5.02 Å². The second-order valence-electron chi connectivity index (χ2n) is 8.69. The summed E-state index contributed by atoms with van der Waals surface area (Å²) in [6, 6.07) is 24.9. The van der Waals surface area contributed by atoms with Crippen molar-refractivity contribution in [3.05, 3.63) is 106 Å². The maximum atomic E-state index is 6.11. The van der Waals surface area contributed by atoms with Crippen molar-refractivity contribution in [2.45, 2.75) is 18.9 Å². The summed E-state index contributed by atoms with van der Waals surface area (Å²) in [4.78, 5) is 15.9. The van der Waals surface area contributed by atoms with Crippen LogP contribution in [-0.4, -0.2) is 35.3 Å². The third-order valence-corrected chi connectivity index (χ3v) is 6.19. The van der Waals surface area contributed by atoms with Crippen molar-refractivity contribution >= 4 is 29.6 Å². The molecular weight excluding hydrogens is 442 g/mol. The van der Waals surface area contributed by atoms with Gasteiger partial charge in [0.2, 0.25) is 5.95 Å². The molecule has 1 aliphatic rings. The summed E-state index contributed by atoms with van der Waals surface area (Å²) >= 11 is 6.11. The van der Waals surface area contributed by atoms with Crippen LogP contribution in [0, 0.1) is 0 Å². The fraction of sp³-hybridized carbons (Fsp3) is 0.179. The predicted octanol–water partition coefficient (Wildman–Crippen LogP) is 6.32. The fourth-order valence-corrected chi connectivity index (χ4v) is 4.53. The lowest BCUT2D eigenvalue weighted by Gasteiger charge is -2.27. The minimum Gasteiger partial charge on any atom is -0.369 e. The molecule has 0 bridgehead atoms. The standard InChI is InChI=1S/C28H26ClN5/c1-34(2)18-32-23-12-10-20(11-13-23)26-15-21-17-31-28(30-16-19-6-5-7-22(29)14-19)33-27(21)25-9-4-3-8-24(25)26/h3-14,17-18,26H,15-16H2,1-2H3,(H,30,31,33)/b32-18-. The maximum Gasteiger partial charge on any atom is 0.223 e. The first-order valence-electron chi connectivity index (χ1n) is 11.3. The Bertz CT molecular complexity index is 1330. The van der Waals surface area contributed by atoms with Crippen molar-refractivity contribution in [1.82, 2.24) is 14.9 Å². The number of hydrogen-bond acceptors (Lipinski definition) is 4. The first kappa shape index (κ1) is 22.1. The van der Waals surface area contributed by atoms with E-state index in [2.05, 4.69) is 63.8 Å². The summed E-state index contributed by atoms with van der Waals surface area (Å²) in [6.45, 7) is 0.617. The highest BCUT2D eigenvalue weighted by Crippen LogP contribution is 2.42.